The minimum absolute atomic E-state index is 0.139. The van der Waals surface area contributed by atoms with Crippen molar-refractivity contribution in [1.82, 2.24) is 0 Å². The molecule has 2 N–H and O–H groups in total. The summed E-state index contributed by atoms with van der Waals surface area (Å²) in [5.74, 6) is -3.72. The zero-order chi connectivity index (χ0) is 26.2. The van der Waals surface area contributed by atoms with Crippen molar-refractivity contribution in [3.63, 3.8) is 0 Å². The Labute approximate surface area is 205 Å². The number of aliphatic hydroxyl groups excluding tert-OH is 2. The quantitative estimate of drug-likeness (QED) is 0.343. The van der Waals surface area contributed by atoms with Crippen molar-refractivity contribution in [3.8, 4) is 0 Å². The fraction of sp³-hybridized carbons (Fsp3) is 0.769. The summed E-state index contributed by atoms with van der Waals surface area (Å²) in [5, 5.41) is 22.9. The monoisotopic (exact) mass is 492 g/mol. The van der Waals surface area contributed by atoms with Crippen LogP contribution in [0.5, 0.6) is 0 Å². The number of fused-ring (bicyclic) bond motifs is 3. The summed E-state index contributed by atoms with van der Waals surface area (Å²) < 4.78 is 17.2. The van der Waals surface area contributed by atoms with E-state index in [4.69, 9.17) is 14.2 Å². The Bertz CT molecular complexity index is 985. The van der Waals surface area contributed by atoms with E-state index < -0.39 is 76.5 Å². The summed E-state index contributed by atoms with van der Waals surface area (Å²) in [4.78, 5) is 50.5. The van der Waals surface area contributed by atoms with Crippen molar-refractivity contribution in [2.45, 2.75) is 91.3 Å². The molecule has 4 fully saturated rings. The van der Waals surface area contributed by atoms with Crippen molar-refractivity contribution in [2.24, 2.45) is 34.0 Å². The third-order valence-electron chi connectivity index (χ3n) is 9.28. The summed E-state index contributed by atoms with van der Waals surface area (Å²) in [5.41, 5.74) is -2.92. The van der Waals surface area contributed by atoms with Crippen molar-refractivity contribution in [3.05, 3.63) is 12.2 Å². The molecule has 0 aromatic rings. The van der Waals surface area contributed by atoms with Crippen LogP contribution in [0.1, 0.15) is 60.8 Å². The van der Waals surface area contributed by atoms with Gasteiger partial charge in [-0.2, -0.15) is 0 Å². The molecule has 9 nitrogen and oxygen atoms in total. The van der Waals surface area contributed by atoms with Gasteiger partial charge < -0.3 is 24.4 Å². The van der Waals surface area contributed by atoms with E-state index in [2.05, 4.69) is 6.58 Å². The van der Waals surface area contributed by atoms with E-state index in [1.807, 2.05) is 6.92 Å². The van der Waals surface area contributed by atoms with Gasteiger partial charge in [0.2, 0.25) is 0 Å². The van der Waals surface area contributed by atoms with Crippen LogP contribution < -0.4 is 0 Å². The molecule has 9 heteroatoms. The molecule has 4 rings (SSSR count). The number of ether oxygens (including phenoxy) is 3. The number of hydrogen-bond donors (Lipinski definition) is 2. The first kappa shape index (κ1) is 25.8. The molecular weight excluding hydrogens is 456 g/mol. The van der Waals surface area contributed by atoms with Crippen molar-refractivity contribution in [1.29, 1.82) is 0 Å². The number of carbonyl (C=O) groups excluding carboxylic acids is 4. The minimum Gasteiger partial charge on any atom is -0.460 e. The standard InChI is InChI=1S/C26H36O9/c1-11-15-8-16(30)19-25(7)10-17(33-12(2)27)22(32)24(5,6)20(25)18(34-13(3)28)23(35-14(4)29)26(19,9-15)21(11)31/h15-20,22-23,30,32H,1,8-10H2,2-7H3. The fourth-order valence-electron chi connectivity index (χ4n) is 8.59. The van der Waals surface area contributed by atoms with E-state index in [0.29, 0.717) is 18.4 Å². The molecule has 2 bridgehead atoms. The van der Waals surface area contributed by atoms with E-state index in [-0.39, 0.29) is 18.1 Å². The summed E-state index contributed by atoms with van der Waals surface area (Å²) in [7, 11) is 0. The second-order valence-electron chi connectivity index (χ2n) is 11.8. The Kier molecular flexibility index (Phi) is 6.00. The number of allylic oxidation sites excluding steroid dienone is 1. The molecule has 4 aliphatic carbocycles. The average molecular weight is 493 g/mol. The Morgan fingerprint density at radius 1 is 0.914 bits per heavy atom. The normalized spacial score (nSPS) is 45.7. The van der Waals surface area contributed by atoms with Gasteiger partial charge in [-0.1, -0.05) is 27.4 Å². The van der Waals surface area contributed by atoms with Gasteiger partial charge in [0.25, 0.3) is 0 Å². The molecule has 1 spiro atoms. The third-order valence-corrected chi connectivity index (χ3v) is 9.28. The average Bonchev–Trinajstić information content (AvgIpc) is 2.89. The van der Waals surface area contributed by atoms with Gasteiger partial charge in [-0.05, 0) is 36.2 Å². The second-order valence-corrected chi connectivity index (χ2v) is 11.8. The van der Waals surface area contributed by atoms with Gasteiger partial charge in [0, 0.05) is 38.0 Å². The maximum atomic E-state index is 13.9. The minimum atomic E-state index is -1.35. The SMILES string of the molecule is C=C1C(=O)C23CC1CC(O)C2C1(C)CC(OC(C)=O)C(O)C(C)(C)C1C(OC(C)=O)C3OC(C)=O. The number of hydrogen-bond acceptors (Lipinski definition) is 9. The Hall–Kier alpha value is -2.26. The first-order valence-corrected chi connectivity index (χ1v) is 12.2. The molecular formula is C26H36O9. The fourth-order valence-corrected chi connectivity index (χ4v) is 8.59. The summed E-state index contributed by atoms with van der Waals surface area (Å²) >= 11 is 0. The van der Waals surface area contributed by atoms with Crippen LogP contribution in [0.15, 0.2) is 12.2 Å². The largest absolute Gasteiger partial charge is 0.460 e. The van der Waals surface area contributed by atoms with Crippen molar-refractivity contribution < 1.29 is 43.6 Å². The Morgan fingerprint density at radius 3 is 2.03 bits per heavy atom. The Balaban J connectivity index is 2.00. The highest BCUT2D eigenvalue weighted by Gasteiger charge is 2.78. The first-order chi connectivity index (χ1) is 16.1. The molecule has 0 radical (unpaired) electrons. The van der Waals surface area contributed by atoms with Gasteiger partial charge in [-0.25, -0.2) is 0 Å². The molecule has 0 aliphatic heterocycles. The van der Waals surface area contributed by atoms with E-state index >= 15 is 0 Å². The highest BCUT2D eigenvalue weighted by molar-refractivity contribution is 6.04. The maximum Gasteiger partial charge on any atom is 0.303 e. The second kappa shape index (κ2) is 8.13. The number of ketones is 1. The lowest BCUT2D eigenvalue weighted by Crippen LogP contribution is -2.75. The van der Waals surface area contributed by atoms with Crippen LogP contribution in [0.3, 0.4) is 0 Å². The van der Waals surface area contributed by atoms with Gasteiger partial charge in [-0.15, -0.1) is 0 Å². The lowest BCUT2D eigenvalue weighted by Gasteiger charge is -2.68. The molecule has 194 valence electrons. The van der Waals surface area contributed by atoms with Crippen LogP contribution in [0.4, 0.5) is 0 Å². The van der Waals surface area contributed by atoms with E-state index in [9.17, 15) is 29.4 Å². The van der Waals surface area contributed by atoms with Crippen LogP contribution in [0.2, 0.25) is 0 Å². The maximum absolute atomic E-state index is 13.9. The number of aliphatic hydroxyl groups is 2. The van der Waals surface area contributed by atoms with Gasteiger partial charge >= 0.3 is 17.9 Å². The van der Waals surface area contributed by atoms with Crippen LogP contribution in [-0.2, 0) is 33.4 Å². The molecule has 35 heavy (non-hydrogen) atoms. The molecule has 0 amide bonds. The number of esters is 3. The van der Waals surface area contributed by atoms with Gasteiger partial charge in [-0.3, -0.25) is 19.2 Å². The molecule has 4 aliphatic rings. The number of Topliss-reactive ketones (excluding diaryl/α,β-unsaturated/α-hetero) is 1. The summed E-state index contributed by atoms with van der Waals surface area (Å²) in [6, 6.07) is 0. The molecule has 0 aromatic heterocycles. The van der Waals surface area contributed by atoms with Gasteiger partial charge in [0.05, 0.1) is 17.6 Å². The van der Waals surface area contributed by atoms with Crippen molar-refractivity contribution in [2.75, 3.05) is 0 Å². The predicted octanol–water partition coefficient (Wildman–Crippen LogP) is 1.72. The van der Waals surface area contributed by atoms with Gasteiger partial charge in [0.15, 0.2) is 11.9 Å². The zero-order valence-electron chi connectivity index (χ0n) is 21.2. The number of carbonyl (C=O) groups is 4. The van der Waals surface area contributed by atoms with Crippen molar-refractivity contribution >= 4 is 23.7 Å². The summed E-state index contributed by atoms with van der Waals surface area (Å²) in [6.45, 7) is 13.2. The third kappa shape index (κ3) is 3.49. The zero-order valence-corrected chi connectivity index (χ0v) is 21.2. The Morgan fingerprint density at radius 2 is 1.49 bits per heavy atom. The predicted molar refractivity (Wildman–Crippen MR) is 121 cm³/mol. The molecule has 10 unspecified atom stereocenters. The van der Waals surface area contributed by atoms with Gasteiger partial charge in [0.1, 0.15) is 12.2 Å². The van der Waals surface area contributed by atoms with Crippen LogP contribution >= 0.6 is 0 Å². The highest BCUT2D eigenvalue weighted by Crippen LogP contribution is 2.72. The number of rotatable bonds is 3. The van der Waals surface area contributed by atoms with Crippen LogP contribution in [-0.4, -0.2) is 64.4 Å². The van der Waals surface area contributed by atoms with Crippen LogP contribution in [0.25, 0.3) is 0 Å². The summed E-state index contributed by atoms with van der Waals surface area (Å²) in [6.07, 6.45) is -4.41. The molecule has 10 atom stereocenters. The van der Waals surface area contributed by atoms with E-state index in [1.165, 1.54) is 20.8 Å². The lowest BCUT2D eigenvalue weighted by atomic mass is 9.38. The highest BCUT2D eigenvalue weighted by atomic mass is 16.6. The van der Waals surface area contributed by atoms with Crippen LogP contribution in [0, 0.1) is 34.0 Å². The van der Waals surface area contributed by atoms with E-state index in [0.717, 1.165) is 0 Å². The molecule has 0 aromatic carbocycles. The molecule has 0 saturated heterocycles. The first-order valence-electron chi connectivity index (χ1n) is 12.2. The van der Waals surface area contributed by atoms with E-state index in [1.54, 1.807) is 13.8 Å². The molecule has 4 saturated carbocycles. The topological polar surface area (TPSA) is 136 Å². The molecule has 0 heterocycles. The lowest BCUT2D eigenvalue weighted by molar-refractivity contribution is -0.298. The smallest absolute Gasteiger partial charge is 0.303 e.